The summed E-state index contributed by atoms with van der Waals surface area (Å²) in [6, 6.07) is 13.9. The highest BCUT2D eigenvalue weighted by Gasteiger charge is 2.26. The summed E-state index contributed by atoms with van der Waals surface area (Å²) < 4.78 is 24.5. The van der Waals surface area contributed by atoms with Gasteiger partial charge in [-0.05, 0) is 68.0 Å². The Kier molecular flexibility index (Phi) is 6.46. The number of anilines is 2. The first-order chi connectivity index (χ1) is 15.4. The van der Waals surface area contributed by atoms with Crippen LogP contribution < -0.4 is 10.6 Å². The van der Waals surface area contributed by atoms with Crippen molar-refractivity contribution in [2.45, 2.75) is 45.6 Å². The Morgan fingerprint density at radius 1 is 1.12 bits per heavy atom. The van der Waals surface area contributed by atoms with E-state index in [0.29, 0.717) is 24.1 Å². The fourth-order valence-electron chi connectivity index (χ4n) is 3.80. The van der Waals surface area contributed by atoms with E-state index in [2.05, 4.69) is 15.6 Å². The second kappa shape index (κ2) is 9.28. The molecule has 0 bridgehead atoms. The van der Waals surface area contributed by atoms with E-state index >= 15 is 0 Å². The van der Waals surface area contributed by atoms with Crippen LogP contribution >= 0.6 is 0 Å². The van der Waals surface area contributed by atoms with Crippen molar-refractivity contribution in [3.8, 4) is 0 Å². The van der Waals surface area contributed by atoms with Crippen LogP contribution in [0, 0.1) is 6.92 Å². The lowest BCUT2D eigenvalue weighted by atomic mass is 10.00. The molecule has 7 heteroatoms. The van der Waals surface area contributed by atoms with Crippen LogP contribution in [0.2, 0.25) is 0 Å². The Morgan fingerprint density at radius 3 is 2.56 bits per heavy atom. The third kappa shape index (κ3) is 5.27. The number of aromatic nitrogens is 1. The number of nitrogens with one attached hydrogen (secondary N) is 2. The van der Waals surface area contributed by atoms with Gasteiger partial charge in [0.05, 0.1) is 22.5 Å². The number of sulfone groups is 1. The molecule has 1 amide bonds. The van der Waals surface area contributed by atoms with E-state index in [4.69, 9.17) is 0 Å². The number of amides is 1. The molecule has 3 aromatic rings. The summed E-state index contributed by atoms with van der Waals surface area (Å²) in [6.07, 6.45) is 4.69. The van der Waals surface area contributed by atoms with E-state index in [1.807, 2.05) is 56.3 Å². The minimum atomic E-state index is -3.08. The minimum absolute atomic E-state index is 0.115. The maximum Gasteiger partial charge on any atom is 0.255 e. The predicted octanol–water partition coefficient (Wildman–Crippen LogP) is 4.55. The zero-order valence-electron chi connectivity index (χ0n) is 18.5. The van der Waals surface area contributed by atoms with Gasteiger partial charge >= 0.3 is 0 Å². The highest BCUT2D eigenvalue weighted by atomic mass is 32.2. The highest BCUT2D eigenvalue weighted by Crippen LogP contribution is 2.32. The monoisotopic (exact) mass is 451 g/mol. The summed E-state index contributed by atoms with van der Waals surface area (Å²) in [5.41, 5.74) is 4.77. The van der Waals surface area contributed by atoms with Crippen molar-refractivity contribution >= 4 is 38.0 Å². The fraction of sp³-hybridized carbons (Fsp3) is 0.360. The van der Waals surface area contributed by atoms with Gasteiger partial charge in [0.1, 0.15) is 0 Å². The number of para-hydroxylation sites is 1. The Morgan fingerprint density at radius 2 is 1.88 bits per heavy atom. The van der Waals surface area contributed by atoms with Crippen LogP contribution in [0.3, 0.4) is 0 Å². The SMILES string of the molecule is CCCS(=O)(=O)CCc1cc2c(Nc3ccccc3)c(C(=O)NC3CC3)cnc2cc1C. The first-order valence-electron chi connectivity index (χ1n) is 11.1. The first kappa shape index (κ1) is 22.3. The maximum atomic E-state index is 13.0. The molecule has 0 aliphatic heterocycles. The number of nitrogens with zero attached hydrogens (tertiary/aromatic N) is 1. The lowest BCUT2D eigenvalue weighted by molar-refractivity contribution is 0.0951. The van der Waals surface area contributed by atoms with E-state index in [1.165, 1.54) is 0 Å². The summed E-state index contributed by atoms with van der Waals surface area (Å²) in [6.45, 7) is 3.85. The zero-order valence-corrected chi connectivity index (χ0v) is 19.3. The normalized spacial score (nSPS) is 13.8. The van der Waals surface area contributed by atoms with Crippen LogP contribution in [-0.4, -0.2) is 36.9 Å². The molecule has 0 atom stereocenters. The molecule has 6 nitrogen and oxygen atoms in total. The number of pyridine rings is 1. The Balaban J connectivity index is 1.77. The number of hydrogen-bond donors (Lipinski definition) is 2. The number of hydrogen-bond acceptors (Lipinski definition) is 5. The molecule has 2 N–H and O–H groups in total. The number of carbonyl (C=O) groups excluding carboxylic acids is 1. The molecule has 1 fully saturated rings. The summed E-state index contributed by atoms with van der Waals surface area (Å²) >= 11 is 0. The second-order valence-corrected chi connectivity index (χ2v) is 10.8. The number of benzene rings is 2. The fourth-order valence-corrected chi connectivity index (χ4v) is 5.16. The second-order valence-electron chi connectivity index (χ2n) is 8.48. The van der Waals surface area contributed by atoms with Crippen LogP contribution in [0.1, 0.15) is 47.7 Å². The van der Waals surface area contributed by atoms with Gasteiger partial charge in [-0.1, -0.05) is 25.1 Å². The molecule has 1 heterocycles. The van der Waals surface area contributed by atoms with Gasteiger partial charge in [-0.2, -0.15) is 0 Å². The minimum Gasteiger partial charge on any atom is -0.354 e. The van der Waals surface area contributed by atoms with Gasteiger partial charge in [-0.3, -0.25) is 9.78 Å². The van der Waals surface area contributed by atoms with Gasteiger partial charge < -0.3 is 10.6 Å². The van der Waals surface area contributed by atoms with Crippen LogP contribution in [-0.2, 0) is 16.3 Å². The smallest absolute Gasteiger partial charge is 0.255 e. The molecule has 0 spiro atoms. The summed E-state index contributed by atoms with van der Waals surface area (Å²) in [5.74, 6) is 0.171. The van der Waals surface area contributed by atoms with Crippen molar-refractivity contribution in [1.82, 2.24) is 10.3 Å². The summed E-state index contributed by atoms with van der Waals surface area (Å²) in [7, 11) is -3.08. The Labute approximate surface area is 189 Å². The molecule has 2 aromatic carbocycles. The molecule has 1 saturated carbocycles. The Bertz CT molecular complexity index is 1240. The molecule has 32 heavy (non-hydrogen) atoms. The van der Waals surface area contributed by atoms with Crippen molar-refractivity contribution in [2.75, 3.05) is 16.8 Å². The standard InChI is InChI=1S/C25H29N3O3S/c1-3-12-32(30,31)13-11-18-15-21-23(14-17(18)2)26-16-22(25(29)28-20-9-10-20)24(21)27-19-7-5-4-6-8-19/h4-8,14-16,20H,3,9-13H2,1-2H3,(H,26,27)(H,28,29). The maximum absolute atomic E-state index is 13.0. The Hall–Kier alpha value is -2.93. The number of fused-ring (bicyclic) bond motifs is 1. The molecule has 4 rings (SSSR count). The number of aryl methyl sites for hydroxylation is 2. The van der Waals surface area contributed by atoms with Gasteiger partial charge in [0.25, 0.3) is 5.91 Å². The van der Waals surface area contributed by atoms with E-state index in [-0.39, 0.29) is 23.5 Å². The van der Waals surface area contributed by atoms with Crippen molar-refractivity contribution < 1.29 is 13.2 Å². The number of carbonyl (C=O) groups is 1. The average Bonchev–Trinajstić information content (AvgIpc) is 3.57. The van der Waals surface area contributed by atoms with Crippen molar-refractivity contribution in [2.24, 2.45) is 0 Å². The zero-order chi connectivity index (χ0) is 22.7. The van der Waals surface area contributed by atoms with E-state index in [0.717, 1.165) is 40.6 Å². The molecule has 168 valence electrons. The van der Waals surface area contributed by atoms with Gasteiger partial charge in [0.15, 0.2) is 9.84 Å². The van der Waals surface area contributed by atoms with Crippen molar-refractivity contribution in [3.05, 3.63) is 65.4 Å². The van der Waals surface area contributed by atoms with Crippen molar-refractivity contribution in [3.63, 3.8) is 0 Å². The lowest BCUT2D eigenvalue weighted by Gasteiger charge is -2.17. The van der Waals surface area contributed by atoms with Gasteiger partial charge in [0.2, 0.25) is 0 Å². The average molecular weight is 452 g/mol. The molecular formula is C25H29N3O3S. The van der Waals surface area contributed by atoms with Crippen LogP contribution in [0.25, 0.3) is 10.9 Å². The third-order valence-electron chi connectivity index (χ3n) is 5.72. The lowest BCUT2D eigenvalue weighted by Crippen LogP contribution is -2.26. The molecule has 1 aliphatic rings. The molecular weight excluding hydrogens is 422 g/mol. The molecule has 0 unspecified atom stereocenters. The van der Waals surface area contributed by atoms with E-state index < -0.39 is 9.84 Å². The van der Waals surface area contributed by atoms with Gasteiger partial charge in [-0.15, -0.1) is 0 Å². The topological polar surface area (TPSA) is 88.2 Å². The largest absolute Gasteiger partial charge is 0.354 e. The van der Waals surface area contributed by atoms with E-state index in [9.17, 15) is 13.2 Å². The van der Waals surface area contributed by atoms with Crippen LogP contribution in [0.5, 0.6) is 0 Å². The molecule has 1 aliphatic carbocycles. The molecule has 1 aromatic heterocycles. The van der Waals surface area contributed by atoms with Crippen LogP contribution in [0.4, 0.5) is 11.4 Å². The van der Waals surface area contributed by atoms with Crippen molar-refractivity contribution in [1.29, 1.82) is 0 Å². The van der Waals surface area contributed by atoms with Crippen LogP contribution in [0.15, 0.2) is 48.7 Å². The summed E-state index contributed by atoms with van der Waals surface area (Å²) in [5, 5.41) is 7.27. The quantitative estimate of drug-likeness (QED) is 0.498. The highest BCUT2D eigenvalue weighted by molar-refractivity contribution is 7.91. The predicted molar refractivity (Wildman–Crippen MR) is 129 cm³/mol. The third-order valence-corrected chi connectivity index (χ3v) is 7.58. The summed E-state index contributed by atoms with van der Waals surface area (Å²) in [4.78, 5) is 17.5. The first-order valence-corrected chi connectivity index (χ1v) is 12.9. The molecule has 0 saturated heterocycles. The van der Waals surface area contributed by atoms with Gasteiger partial charge in [0, 0.05) is 29.1 Å². The number of rotatable bonds is 9. The van der Waals surface area contributed by atoms with Gasteiger partial charge in [-0.25, -0.2) is 8.42 Å². The van der Waals surface area contributed by atoms with E-state index in [1.54, 1.807) is 6.20 Å². The molecule has 0 radical (unpaired) electrons.